The standard InChI is InChI=1S/C12H13BrOS/c1-3-10(12(15)14-2)11-7-5-4-6-9(11)8-13/h3-7H,8H2,1-2H3. The molecule has 80 valence electrons. The number of thiocarbonyl (C=S) groups is 1. The van der Waals surface area contributed by atoms with Gasteiger partial charge in [0.15, 0.2) is 5.05 Å². The lowest BCUT2D eigenvalue weighted by atomic mass is 10.0. The van der Waals surface area contributed by atoms with E-state index < -0.39 is 0 Å². The van der Waals surface area contributed by atoms with E-state index >= 15 is 0 Å². The highest BCUT2D eigenvalue weighted by atomic mass is 79.9. The van der Waals surface area contributed by atoms with Gasteiger partial charge in [-0.05, 0) is 30.3 Å². The van der Waals surface area contributed by atoms with Crippen molar-refractivity contribution in [3.63, 3.8) is 0 Å². The molecule has 0 saturated carbocycles. The summed E-state index contributed by atoms with van der Waals surface area (Å²) in [5.74, 6) is 0. The van der Waals surface area contributed by atoms with Crippen LogP contribution in [-0.4, -0.2) is 12.2 Å². The molecule has 0 unspecified atom stereocenters. The number of alkyl halides is 1. The van der Waals surface area contributed by atoms with Gasteiger partial charge in [0.1, 0.15) is 0 Å². The first-order valence-corrected chi connectivity index (χ1v) is 6.16. The Bertz CT molecular complexity index is 385. The molecular weight excluding hydrogens is 272 g/mol. The predicted molar refractivity (Wildman–Crippen MR) is 72.3 cm³/mol. The zero-order valence-electron chi connectivity index (χ0n) is 8.79. The molecule has 0 saturated heterocycles. The van der Waals surface area contributed by atoms with Crippen molar-refractivity contribution in [3.8, 4) is 0 Å². The van der Waals surface area contributed by atoms with Gasteiger partial charge in [-0.2, -0.15) is 0 Å². The van der Waals surface area contributed by atoms with Crippen molar-refractivity contribution < 1.29 is 4.74 Å². The van der Waals surface area contributed by atoms with E-state index in [9.17, 15) is 0 Å². The maximum absolute atomic E-state index is 5.16. The molecule has 1 aromatic rings. The Morgan fingerprint density at radius 1 is 1.47 bits per heavy atom. The van der Waals surface area contributed by atoms with Gasteiger partial charge in [-0.15, -0.1) is 0 Å². The average molecular weight is 285 g/mol. The lowest BCUT2D eigenvalue weighted by Gasteiger charge is -2.11. The number of hydrogen-bond donors (Lipinski definition) is 0. The normalized spacial score (nSPS) is 11.3. The summed E-state index contributed by atoms with van der Waals surface area (Å²) in [5, 5.41) is 1.35. The lowest BCUT2D eigenvalue weighted by molar-refractivity contribution is 0.420. The molecule has 15 heavy (non-hydrogen) atoms. The molecule has 0 heterocycles. The second-order valence-corrected chi connectivity index (χ2v) is 3.92. The molecule has 3 heteroatoms. The molecule has 0 aliphatic carbocycles. The number of allylic oxidation sites excluding steroid dienone is 1. The fourth-order valence-electron chi connectivity index (χ4n) is 1.39. The van der Waals surface area contributed by atoms with Gasteiger partial charge in [-0.3, -0.25) is 0 Å². The van der Waals surface area contributed by atoms with Gasteiger partial charge >= 0.3 is 0 Å². The van der Waals surface area contributed by atoms with Gasteiger partial charge < -0.3 is 4.74 Å². The van der Waals surface area contributed by atoms with Crippen LogP contribution in [-0.2, 0) is 10.1 Å². The third kappa shape index (κ3) is 2.89. The van der Waals surface area contributed by atoms with Crippen LogP contribution in [0.5, 0.6) is 0 Å². The summed E-state index contributed by atoms with van der Waals surface area (Å²) in [6.07, 6.45) is 1.98. The van der Waals surface area contributed by atoms with Crippen molar-refractivity contribution >= 4 is 38.8 Å². The molecule has 0 aliphatic rings. The number of halogens is 1. The molecule has 0 radical (unpaired) electrons. The maximum atomic E-state index is 5.16. The van der Waals surface area contributed by atoms with Crippen LogP contribution in [0.2, 0.25) is 0 Å². The first kappa shape index (κ1) is 12.4. The minimum atomic E-state index is 0.533. The Balaban J connectivity index is 3.18. The van der Waals surface area contributed by atoms with Gasteiger partial charge in [-0.1, -0.05) is 46.3 Å². The first-order chi connectivity index (χ1) is 7.24. The monoisotopic (exact) mass is 284 g/mol. The highest BCUT2D eigenvalue weighted by molar-refractivity contribution is 9.08. The van der Waals surface area contributed by atoms with Crippen LogP contribution in [0.15, 0.2) is 30.3 Å². The number of benzene rings is 1. The van der Waals surface area contributed by atoms with Crippen molar-refractivity contribution in [3.05, 3.63) is 41.5 Å². The average Bonchev–Trinajstić information content (AvgIpc) is 2.30. The largest absolute Gasteiger partial charge is 0.486 e. The van der Waals surface area contributed by atoms with Crippen LogP contribution >= 0.6 is 28.1 Å². The van der Waals surface area contributed by atoms with Crippen molar-refractivity contribution in [1.82, 2.24) is 0 Å². The Kier molecular flexibility index (Phi) is 4.99. The summed E-state index contributed by atoms with van der Waals surface area (Å²) in [6.45, 7) is 1.96. The van der Waals surface area contributed by atoms with E-state index in [-0.39, 0.29) is 0 Å². The van der Waals surface area contributed by atoms with Crippen molar-refractivity contribution in [1.29, 1.82) is 0 Å². The van der Waals surface area contributed by atoms with Crippen LogP contribution in [0.4, 0.5) is 0 Å². The SMILES string of the molecule is CC=C(C(=S)OC)c1ccccc1CBr. The van der Waals surface area contributed by atoms with E-state index in [0.717, 1.165) is 16.5 Å². The molecule has 0 aromatic heterocycles. The van der Waals surface area contributed by atoms with E-state index in [1.807, 2.05) is 25.1 Å². The van der Waals surface area contributed by atoms with Crippen molar-refractivity contribution in [2.45, 2.75) is 12.3 Å². The Labute approximate surface area is 104 Å². The van der Waals surface area contributed by atoms with E-state index in [4.69, 9.17) is 17.0 Å². The van der Waals surface area contributed by atoms with Crippen LogP contribution < -0.4 is 0 Å². The van der Waals surface area contributed by atoms with Gasteiger partial charge in [0.05, 0.1) is 7.11 Å². The summed E-state index contributed by atoms with van der Waals surface area (Å²) in [6, 6.07) is 8.15. The summed E-state index contributed by atoms with van der Waals surface area (Å²) >= 11 is 8.63. The molecule has 1 nitrogen and oxygen atoms in total. The van der Waals surface area contributed by atoms with E-state index in [1.165, 1.54) is 5.56 Å². The minimum absolute atomic E-state index is 0.533. The molecule has 0 atom stereocenters. The third-order valence-corrected chi connectivity index (χ3v) is 3.14. The third-order valence-electron chi connectivity index (χ3n) is 2.15. The smallest absolute Gasteiger partial charge is 0.191 e. The fourth-order valence-corrected chi connectivity index (χ4v) is 2.11. The molecule has 0 spiro atoms. The summed E-state index contributed by atoms with van der Waals surface area (Å²) in [7, 11) is 1.60. The van der Waals surface area contributed by atoms with E-state index in [0.29, 0.717) is 5.05 Å². The van der Waals surface area contributed by atoms with Gasteiger partial charge in [0, 0.05) is 10.9 Å². The molecular formula is C12H13BrOS. The molecule has 0 bridgehead atoms. The van der Waals surface area contributed by atoms with Crippen LogP contribution in [0.1, 0.15) is 18.1 Å². The second-order valence-electron chi connectivity index (χ2n) is 2.98. The van der Waals surface area contributed by atoms with Crippen molar-refractivity contribution in [2.75, 3.05) is 7.11 Å². The van der Waals surface area contributed by atoms with Crippen molar-refractivity contribution in [2.24, 2.45) is 0 Å². The summed E-state index contributed by atoms with van der Waals surface area (Å²) in [5.41, 5.74) is 3.32. The summed E-state index contributed by atoms with van der Waals surface area (Å²) < 4.78 is 5.10. The molecule has 0 N–H and O–H groups in total. The zero-order valence-corrected chi connectivity index (χ0v) is 11.2. The molecule has 0 aliphatic heterocycles. The molecule has 1 rings (SSSR count). The minimum Gasteiger partial charge on any atom is -0.486 e. The summed E-state index contributed by atoms with van der Waals surface area (Å²) in [4.78, 5) is 0. The van der Waals surface area contributed by atoms with Gasteiger partial charge in [-0.25, -0.2) is 0 Å². The number of hydrogen-bond acceptors (Lipinski definition) is 2. The molecule has 1 aromatic carbocycles. The Hall–Kier alpha value is -0.670. The number of methoxy groups -OCH3 is 1. The zero-order chi connectivity index (χ0) is 11.3. The van der Waals surface area contributed by atoms with E-state index in [2.05, 4.69) is 28.1 Å². The quantitative estimate of drug-likeness (QED) is 0.472. The fraction of sp³-hybridized carbons (Fsp3) is 0.250. The topological polar surface area (TPSA) is 9.23 Å². The molecule has 0 fully saturated rings. The highest BCUT2D eigenvalue weighted by Gasteiger charge is 2.10. The predicted octanol–water partition coefficient (Wildman–Crippen LogP) is 3.96. The highest BCUT2D eigenvalue weighted by Crippen LogP contribution is 2.23. The first-order valence-electron chi connectivity index (χ1n) is 4.63. The number of rotatable bonds is 3. The second kappa shape index (κ2) is 6.03. The van der Waals surface area contributed by atoms with Crippen LogP contribution in [0, 0.1) is 0 Å². The Morgan fingerprint density at radius 3 is 2.67 bits per heavy atom. The van der Waals surface area contributed by atoms with Crippen LogP contribution in [0.3, 0.4) is 0 Å². The van der Waals surface area contributed by atoms with Gasteiger partial charge in [0.2, 0.25) is 0 Å². The Morgan fingerprint density at radius 2 is 2.13 bits per heavy atom. The van der Waals surface area contributed by atoms with Gasteiger partial charge in [0.25, 0.3) is 0 Å². The van der Waals surface area contributed by atoms with E-state index in [1.54, 1.807) is 7.11 Å². The lowest BCUT2D eigenvalue weighted by Crippen LogP contribution is -2.03. The van der Waals surface area contributed by atoms with Crippen LogP contribution in [0.25, 0.3) is 5.57 Å². The molecule has 0 amide bonds. The number of ether oxygens (including phenoxy) is 1. The maximum Gasteiger partial charge on any atom is 0.191 e.